The van der Waals surface area contributed by atoms with Crippen LogP contribution in [0.1, 0.15) is 18.4 Å². The van der Waals surface area contributed by atoms with Gasteiger partial charge in [0.05, 0.1) is 12.0 Å². The van der Waals surface area contributed by atoms with E-state index < -0.39 is 0 Å². The SMILES string of the molecule is C=CC[C@H]1C(=O)O[C@@H]2CCN(C(=O)OCc3ccccc3)[C@@H]21. The Morgan fingerprint density at radius 3 is 2.91 bits per heavy atom. The number of esters is 1. The highest BCUT2D eigenvalue weighted by Crippen LogP contribution is 2.36. The molecule has 22 heavy (non-hydrogen) atoms. The Kier molecular flexibility index (Phi) is 4.13. The second-order valence-corrected chi connectivity index (χ2v) is 5.62. The number of fused-ring (bicyclic) bond motifs is 1. The molecule has 0 saturated carbocycles. The molecule has 3 atom stereocenters. The van der Waals surface area contributed by atoms with Crippen molar-refractivity contribution in [3.63, 3.8) is 0 Å². The fraction of sp³-hybridized carbons (Fsp3) is 0.412. The van der Waals surface area contributed by atoms with Crippen molar-refractivity contribution in [3.05, 3.63) is 48.6 Å². The van der Waals surface area contributed by atoms with E-state index in [1.54, 1.807) is 11.0 Å². The van der Waals surface area contributed by atoms with Gasteiger partial charge in [0.25, 0.3) is 0 Å². The quantitative estimate of drug-likeness (QED) is 0.633. The van der Waals surface area contributed by atoms with Gasteiger partial charge in [0.1, 0.15) is 12.7 Å². The van der Waals surface area contributed by atoms with Crippen LogP contribution in [0.25, 0.3) is 0 Å². The molecule has 2 fully saturated rings. The first kappa shape index (κ1) is 14.6. The molecular weight excluding hydrogens is 282 g/mol. The second kappa shape index (κ2) is 6.22. The molecule has 2 aliphatic rings. The number of hydrogen-bond acceptors (Lipinski definition) is 4. The van der Waals surface area contributed by atoms with Gasteiger partial charge in [0.15, 0.2) is 0 Å². The van der Waals surface area contributed by atoms with E-state index in [0.717, 1.165) is 5.56 Å². The number of allylic oxidation sites excluding steroid dienone is 1. The zero-order valence-electron chi connectivity index (χ0n) is 12.3. The van der Waals surface area contributed by atoms with E-state index in [1.165, 1.54) is 0 Å². The normalized spacial score (nSPS) is 26.5. The third-order valence-corrected chi connectivity index (χ3v) is 4.24. The van der Waals surface area contributed by atoms with Gasteiger partial charge in [-0.1, -0.05) is 36.4 Å². The summed E-state index contributed by atoms with van der Waals surface area (Å²) in [5.74, 6) is -0.565. The number of hydrogen-bond donors (Lipinski definition) is 0. The molecule has 0 aromatic heterocycles. The van der Waals surface area contributed by atoms with Crippen molar-refractivity contribution < 1.29 is 19.1 Å². The van der Waals surface area contributed by atoms with Gasteiger partial charge in [-0.2, -0.15) is 0 Å². The molecule has 3 rings (SSSR count). The molecule has 2 aliphatic heterocycles. The number of rotatable bonds is 4. The van der Waals surface area contributed by atoms with Gasteiger partial charge in [-0.25, -0.2) is 4.79 Å². The van der Waals surface area contributed by atoms with Gasteiger partial charge < -0.3 is 14.4 Å². The molecule has 116 valence electrons. The van der Waals surface area contributed by atoms with Crippen LogP contribution in [0.4, 0.5) is 4.79 Å². The van der Waals surface area contributed by atoms with Gasteiger partial charge >= 0.3 is 12.1 Å². The summed E-state index contributed by atoms with van der Waals surface area (Å²) in [7, 11) is 0. The summed E-state index contributed by atoms with van der Waals surface area (Å²) < 4.78 is 10.7. The summed E-state index contributed by atoms with van der Waals surface area (Å²) >= 11 is 0. The molecule has 1 amide bonds. The highest BCUT2D eigenvalue weighted by molar-refractivity contribution is 5.79. The van der Waals surface area contributed by atoms with E-state index in [0.29, 0.717) is 19.4 Å². The topological polar surface area (TPSA) is 55.8 Å². The maximum atomic E-state index is 12.3. The van der Waals surface area contributed by atoms with Crippen molar-refractivity contribution in [2.24, 2.45) is 5.92 Å². The van der Waals surface area contributed by atoms with Crippen molar-refractivity contribution in [3.8, 4) is 0 Å². The van der Waals surface area contributed by atoms with Gasteiger partial charge in [-0.05, 0) is 12.0 Å². The number of carbonyl (C=O) groups excluding carboxylic acids is 2. The Labute approximate surface area is 129 Å². The van der Waals surface area contributed by atoms with Crippen molar-refractivity contribution in [1.82, 2.24) is 4.90 Å². The summed E-state index contributed by atoms with van der Waals surface area (Å²) in [6.07, 6.45) is 2.29. The highest BCUT2D eigenvalue weighted by atomic mass is 16.6. The fourth-order valence-corrected chi connectivity index (χ4v) is 3.20. The third kappa shape index (κ3) is 2.71. The lowest BCUT2D eigenvalue weighted by Gasteiger charge is -2.25. The summed E-state index contributed by atoms with van der Waals surface area (Å²) in [5, 5.41) is 0. The number of benzene rings is 1. The van der Waals surface area contributed by atoms with E-state index in [2.05, 4.69) is 6.58 Å². The molecule has 1 aromatic rings. The molecule has 0 radical (unpaired) electrons. The molecule has 5 heteroatoms. The molecule has 5 nitrogen and oxygen atoms in total. The molecule has 0 N–H and O–H groups in total. The third-order valence-electron chi connectivity index (χ3n) is 4.24. The van der Waals surface area contributed by atoms with E-state index in [1.807, 2.05) is 30.3 Å². The van der Waals surface area contributed by atoms with E-state index in [-0.39, 0.29) is 36.7 Å². The molecule has 0 aliphatic carbocycles. The number of carbonyl (C=O) groups is 2. The predicted molar refractivity (Wildman–Crippen MR) is 79.9 cm³/mol. The lowest BCUT2D eigenvalue weighted by atomic mass is 9.96. The lowest BCUT2D eigenvalue weighted by Crippen LogP contribution is -2.42. The van der Waals surface area contributed by atoms with Crippen LogP contribution in [-0.4, -0.2) is 35.7 Å². The van der Waals surface area contributed by atoms with Crippen LogP contribution in [0.15, 0.2) is 43.0 Å². The van der Waals surface area contributed by atoms with Gasteiger partial charge in [-0.15, -0.1) is 6.58 Å². The van der Waals surface area contributed by atoms with Crippen molar-refractivity contribution in [2.45, 2.75) is 31.6 Å². The second-order valence-electron chi connectivity index (χ2n) is 5.62. The Morgan fingerprint density at radius 2 is 2.18 bits per heavy atom. The fourth-order valence-electron chi connectivity index (χ4n) is 3.20. The van der Waals surface area contributed by atoms with Crippen LogP contribution in [0, 0.1) is 5.92 Å². The van der Waals surface area contributed by atoms with Crippen LogP contribution in [0.5, 0.6) is 0 Å². The first-order valence-corrected chi connectivity index (χ1v) is 7.49. The average Bonchev–Trinajstić information content (AvgIpc) is 3.06. The largest absolute Gasteiger partial charge is 0.460 e. The Balaban J connectivity index is 1.65. The molecule has 1 aromatic carbocycles. The first-order valence-electron chi connectivity index (χ1n) is 7.49. The van der Waals surface area contributed by atoms with Gasteiger partial charge in [0, 0.05) is 13.0 Å². The molecular formula is C17H19NO4. The standard InChI is InChI=1S/C17H19NO4/c1-2-6-13-15-14(22-16(13)19)9-10-18(15)17(20)21-11-12-7-4-3-5-8-12/h2-5,7-8,13-15H,1,6,9-11H2/t13-,14-,15-/m1/s1. The van der Waals surface area contributed by atoms with E-state index in [9.17, 15) is 9.59 Å². The smallest absolute Gasteiger partial charge is 0.410 e. The maximum Gasteiger partial charge on any atom is 0.410 e. The molecule has 0 bridgehead atoms. The minimum atomic E-state index is -0.385. The van der Waals surface area contributed by atoms with Crippen LogP contribution >= 0.6 is 0 Å². The van der Waals surface area contributed by atoms with Crippen LogP contribution < -0.4 is 0 Å². The summed E-state index contributed by atoms with van der Waals surface area (Å²) in [6.45, 7) is 4.47. The Morgan fingerprint density at radius 1 is 1.41 bits per heavy atom. The average molecular weight is 301 g/mol. The molecule has 0 spiro atoms. The lowest BCUT2D eigenvalue weighted by molar-refractivity contribution is -0.144. The van der Waals surface area contributed by atoms with E-state index in [4.69, 9.17) is 9.47 Å². The molecule has 0 unspecified atom stereocenters. The number of amides is 1. The van der Waals surface area contributed by atoms with Crippen LogP contribution in [0.2, 0.25) is 0 Å². The Bertz CT molecular complexity index is 571. The zero-order valence-corrected chi connectivity index (χ0v) is 12.3. The summed E-state index contributed by atoms with van der Waals surface area (Å²) in [4.78, 5) is 25.8. The number of nitrogens with zero attached hydrogens (tertiary/aromatic N) is 1. The predicted octanol–water partition coefficient (Wildman–Crippen LogP) is 2.52. The zero-order chi connectivity index (χ0) is 15.5. The van der Waals surface area contributed by atoms with Crippen molar-refractivity contribution in [2.75, 3.05) is 6.54 Å². The summed E-state index contributed by atoms with van der Waals surface area (Å²) in [6, 6.07) is 9.30. The van der Waals surface area contributed by atoms with E-state index >= 15 is 0 Å². The summed E-state index contributed by atoms with van der Waals surface area (Å²) in [5.41, 5.74) is 0.938. The first-order chi connectivity index (χ1) is 10.7. The minimum absolute atomic E-state index is 0.207. The van der Waals surface area contributed by atoms with Crippen molar-refractivity contribution >= 4 is 12.1 Å². The Hall–Kier alpha value is -2.30. The van der Waals surface area contributed by atoms with Gasteiger partial charge in [0.2, 0.25) is 0 Å². The molecule has 2 saturated heterocycles. The minimum Gasteiger partial charge on any atom is -0.460 e. The number of likely N-dealkylation sites (tertiary alicyclic amines) is 1. The van der Waals surface area contributed by atoms with Gasteiger partial charge in [-0.3, -0.25) is 4.79 Å². The highest BCUT2D eigenvalue weighted by Gasteiger charge is 2.52. The van der Waals surface area contributed by atoms with Crippen molar-refractivity contribution in [1.29, 1.82) is 0 Å². The monoisotopic (exact) mass is 301 g/mol. The molecule has 2 heterocycles. The van der Waals surface area contributed by atoms with Crippen LogP contribution in [0.3, 0.4) is 0 Å². The van der Waals surface area contributed by atoms with Crippen LogP contribution in [-0.2, 0) is 20.9 Å². The number of ether oxygens (including phenoxy) is 2. The maximum absolute atomic E-state index is 12.3.